The van der Waals surface area contributed by atoms with E-state index in [2.05, 4.69) is 117 Å². The van der Waals surface area contributed by atoms with E-state index in [4.69, 9.17) is 4.98 Å². The first-order valence-corrected chi connectivity index (χ1v) is 11.3. The number of imidazole rings is 1. The summed E-state index contributed by atoms with van der Waals surface area (Å²) in [7, 11) is 0. The van der Waals surface area contributed by atoms with Gasteiger partial charge < -0.3 is 0 Å². The number of nitrogens with zero attached hydrogens (tertiary/aromatic N) is 2. The quantitative estimate of drug-likeness (QED) is 0.303. The molecule has 31 heavy (non-hydrogen) atoms. The number of hydrogen-bond acceptors (Lipinski definition) is 1. The van der Waals surface area contributed by atoms with Crippen LogP contribution in [0.2, 0.25) is 0 Å². The molecular weight excluding hydrogens is 376 g/mol. The Hall–Kier alpha value is -3.13. The second-order valence-corrected chi connectivity index (χ2v) is 9.02. The van der Waals surface area contributed by atoms with Gasteiger partial charge in [-0.25, -0.2) is 4.98 Å². The van der Waals surface area contributed by atoms with E-state index in [1.54, 1.807) is 0 Å². The molecule has 0 atom stereocenters. The van der Waals surface area contributed by atoms with Gasteiger partial charge in [0.05, 0.1) is 5.69 Å². The van der Waals surface area contributed by atoms with E-state index in [0.717, 1.165) is 17.8 Å². The maximum atomic E-state index is 4.92. The summed E-state index contributed by atoms with van der Waals surface area (Å²) in [6.07, 6.45) is 5.64. The first-order valence-electron chi connectivity index (χ1n) is 11.3. The van der Waals surface area contributed by atoms with E-state index in [-0.39, 0.29) is 5.41 Å². The van der Waals surface area contributed by atoms with E-state index < -0.39 is 0 Å². The lowest BCUT2D eigenvalue weighted by Crippen LogP contribution is -2.22. The molecule has 0 amide bonds. The third-order valence-corrected chi connectivity index (χ3v) is 6.19. The number of aryl methyl sites for hydroxylation is 1. The van der Waals surface area contributed by atoms with E-state index in [1.165, 1.54) is 40.9 Å². The molecule has 158 valence electrons. The Morgan fingerprint density at radius 3 is 2.06 bits per heavy atom. The number of hydrogen-bond donors (Lipinski definition) is 0. The third kappa shape index (κ3) is 4.34. The van der Waals surface area contributed by atoms with Gasteiger partial charge in [-0.2, -0.15) is 0 Å². The van der Waals surface area contributed by atoms with Crippen LogP contribution >= 0.6 is 0 Å². The van der Waals surface area contributed by atoms with Crippen molar-refractivity contribution in [3.63, 3.8) is 0 Å². The topological polar surface area (TPSA) is 17.8 Å². The SMILES string of the molecule is CCCCC(C)(C)c1cnc(-c2ccccc2)n1-c1ccc(-c2ccccc2)cc1C. The zero-order valence-electron chi connectivity index (χ0n) is 19.1. The highest BCUT2D eigenvalue weighted by Crippen LogP contribution is 2.36. The minimum atomic E-state index is 0.0422. The summed E-state index contributed by atoms with van der Waals surface area (Å²) in [5.41, 5.74) is 7.41. The largest absolute Gasteiger partial charge is 0.296 e. The Morgan fingerprint density at radius 1 is 0.806 bits per heavy atom. The Balaban J connectivity index is 1.87. The smallest absolute Gasteiger partial charge is 0.144 e. The van der Waals surface area contributed by atoms with E-state index in [9.17, 15) is 0 Å². The van der Waals surface area contributed by atoms with Gasteiger partial charge in [0.1, 0.15) is 5.82 Å². The molecule has 0 aliphatic heterocycles. The lowest BCUT2D eigenvalue weighted by atomic mass is 9.84. The molecule has 0 radical (unpaired) electrons. The molecule has 4 aromatic rings. The van der Waals surface area contributed by atoms with Crippen molar-refractivity contribution in [2.24, 2.45) is 0 Å². The first kappa shape index (κ1) is 21.1. The highest BCUT2D eigenvalue weighted by Gasteiger charge is 2.27. The van der Waals surface area contributed by atoms with Crippen LogP contribution in [0.25, 0.3) is 28.2 Å². The van der Waals surface area contributed by atoms with Gasteiger partial charge in [-0.1, -0.05) is 100 Å². The van der Waals surface area contributed by atoms with Crippen molar-refractivity contribution in [3.05, 3.63) is 96.3 Å². The average Bonchev–Trinajstić information content (AvgIpc) is 3.25. The monoisotopic (exact) mass is 408 g/mol. The molecule has 3 aromatic carbocycles. The lowest BCUT2D eigenvalue weighted by molar-refractivity contribution is 0.439. The van der Waals surface area contributed by atoms with Gasteiger partial charge in [0.15, 0.2) is 0 Å². The molecule has 0 spiro atoms. The Morgan fingerprint density at radius 2 is 1.45 bits per heavy atom. The molecule has 0 N–H and O–H groups in total. The summed E-state index contributed by atoms with van der Waals surface area (Å²) in [5.74, 6) is 1.01. The highest BCUT2D eigenvalue weighted by molar-refractivity contribution is 5.68. The Labute approximate surface area is 186 Å². The normalized spacial score (nSPS) is 11.6. The van der Waals surface area contributed by atoms with E-state index in [1.807, 2.05) is 0 Å². The van der Waals surface area contributed by atoms with Crippen LogP contribution in [0, 0.1) is 6.92 Å². The number of unbranched alkanes of at least 4 members (excludes halogenated alkanes) is 1. The van der Waals surface area contributed by atoms with Crippen LogP contribution in [0.3, 0.4) is 0 Å². The molecule has 0 aliphatic carbocycles. The van der Waals surface area contributed by atoms with Crippen LogP contribution in [0.4, 0.5) is 0 Å². The van der Waals surface area contributed by atoms with Crippen LogP contribution < -0.4 is 0 Å². The van der Waals surface area contributed by atoms with Crippen LogP contribution in [-0.4, -0.2) is 9.55 Å². The summed E-state index contributed by atoms with van der Waals surface area (Å²) in [4.78, 5) is 4.92. The zero-order valence-corrected chi connectivity index (χ0v) is 19.1. The average molecular weight is 409 g/mol. The molecule has 0 aliphatic rings. The van der Waals surface area contributed by atoms with E-state index in [0.29, 0.717) is 0 Å². The van der Waals surface area contributed by atoms with Crippen LogP contribution in [0.5, 0.6) is 0 Å². The van der Waals surface area contributed by atoms with Crippen molar-refractivity contribution >= 4 is 0 Å². The summed E-state index contributed by atoms with van der Waals surface area (Å²) in [6, 6.07) is 27.9. The standard InChI is InChI=1S/C29H32N2/c1-5-6-19-29(3,4)27-21-30-28(24-15-11-8-12-16-24)31(27)26-18-17-25(20-22(26)2)23-13-9-7-10-14-23/h7-18,20-21H,5-6,19H2,1-4H3. The molecule has 0 saturated carbocycles. The first-order chi connectivity index (χ1) is 15.0. The second-order valence-electron chi connectivity index (χ2n) is 9.02. The van der Waals surface area contributed by atoms with Gasteiger partial charge >= 0.3 is 0 Å². The summed E-state index contributed by atoms with van der Waals surface area (Å²) in [5, 5.41) is 0. The Bertz CT molecular complexity index is 1140. The fraction of sp³-hybridized carbons (Fsp3) is 0.276. The van der Waals surface area contributed by atoms with Crippen molar-refractivity contribution in [1.29, 1.82) is 0 Å². The summed E-state index contributed by atoms with van der Waals surface area (Å²) >= 11 is 0. The number of aromatic nitrogens is 2. The molecule has 4 rings (SSSR count). The predicted octanol–water partition coefficient (Wildman–Crippen LogP) is 7.98. The highest BCUT2D eigenvalue weighted by atomic mass is 15.1. The Kier molecular flexibility index (Phi) is 6.08. The van der Waals surface area contributed by atoms with Crippen LogP contribution in [0.1, 0.15) is 51.3 Å². The second kappa shape index (κ2) is 8.93. The number of rotatable bonds is 7. The van der Waals surface area contributed by atoms with Crippen LogP contribution in [0.15, 0.2) is 85.1 Å². The summed E-state index contributed by atoms with van der Waals surface area (Å²) in [6.45, 7) is 9.16. The zero-order chi connectivity index (χ0) is 21.8. The van der Waals surface area contributed by atoms with Gasteiger partial charge in [0.25, 0.3) is 0 Å². The fourth-order valence-corrected chi connectivity index (χ4v) is 4.33. The van der Waals surface area contributed by atoms with Gasteiger partial charge in [0.2, 0.25) is 0 Å². The molecule has 0 fully saturated rings. The minimum absolute atomic E-state index is 0.0422. The molecule has 1 aromatic heterocycles. The molecule has 0 saturated heterocycles. The van der Waals surface area contributed by atoms with Crippen molar-refractivity contribution in [3.8, 4) is 28.2 Å². The van der Waals surface area contributed by atoms with E-state index >= 15 is 0 Å². The molecule has 2 heteroatoms. The predicted molar refractivity (Wildman–Crippen MR) is 132 cm³/mol. The molecule has 2 nitrogen and oxygen atoms in total. The van der Waals surface area contributed by atoms with Crippen molar-refractivity contribution < 1.29 is 0 Å². The lowest BCUT2D eigenvalue weighted by Gasteiger charge is -2.27. The maximum absolute atomic E-state index is 4.92. The van der Waals surface area contributed by atoms with Gasteiger partial charge in [-0.3, -0.25) is 4.57 Å². The van der Waals surface area contributed by atoms with Gasteiger partial charge in [-0.15, -0.1) is 0 Å². The summed E-state index contributed by atoms with van der Waals surface area (Å²) < 4.78 is 2.38. The van der Waals surface area contributed by atoms with Gasteiger partial charge in [0, 0.05) is 22.9 Å². The van der Waals surface area contributed by atoms with Crippen LogP contribution in [-0.2, 0) is 5.41 Å². The molecule has 0 bridgehead atoms. The fourth-order valence-electron chi connectivity index (χ4n) is 4.33. The van der Waals surface area contributed by atoms with Crippen molar-refractivity contribution in [2.75, 3.05) is 0 Å². The van der Waals surface area contributed by atoms with Crippen molar-refractivity contribution in [1.82, 2.24) is 9.55 Å². The molecular formula is C29H32N2. The third-order valence-electron chi connectivity index (χ3n) is 6.19. The molecule has 0 unspecified atom stereocenters. The minimum Gasteiger partial charge on any atom is -0.296 e. The molecule has 1 heterocycles. The number of benzene rings is 3. The maximum Gasteiger partial charge on any atom is 0.144 e. The van der Waals surface area contributed by atoms with Crippen molar-refractivity contribution in [2.45, 2.75) is 52.4 Å². The van der Waals surface area contributed by atoms with Gasteiger partial charge in [-0.05, 0) is 42.2 Å².